The summed E-state index contributed by atoms with van der Waals surface area (Å²) in [5, 5.41) is 8.80. The van der Waals surface area contributed by atoms with Crippen molar-refractivity contribution in [3.05, 3.63) is 124 Å². The second kappa shape index (κ2) is 9.21. The van der Waals surface area contributed by atoms with Crippen molar-refractivity contribution in [1.82, 2.24) is 9.97 Å². The van der Waals surface area contributed by atoms with E-state index in [1.54, 1.807) is 0 Å². The number of para-hydroxylation sites is 1. The van der Waals surface area contributed by atoms with Gasteiger partial charge >= 0.3 is 0 Å². The van der Waals surface area contributed by atoms with Crippen LogP contribution in [0.3, 0.4) is 0 Å². The summed E-state index contributed by atoms with van der Waals surface area (Å²) >= 11 is 6.18. The zero-order valence-corrected chi connectivity index (χ0v) is 20.9. The van der Waals surface area contributed by atoms with Crippen molar-refractivity contribution in [2.24, 2.45) is 5.10 Å². The van der Waals surface area contributed by atoms with Crippen LogP contribution in [-0.4, -0.2) is 15.7 Å². The summed E-state index contributed by atoms with van der Waals surface area (Å²) in [6.07, 6.45) is 0.777. The third-order valence-electron chi connectivity index (χ3n) is 6.64. The molecule has 1 atom stereocenters. The lowest BCUT2D eigenvalue weighted by molar-refractivity contribution is 0.689. The van der Waals surface area contributed by atoms with E-state index < -0.39 is 0 Å². The van der Waals surface area contributed by atoms with E-state index in [2.05, 4.69) is 68.4 Å². The van der Waals surface area contributed by atoms with Gasteiger partial charge in [0.1, 0.15) is 0 Å². The van der Waals surface area contributed by atoms with E-state index in [1.807, 2.05) is 47.5 Å². The molecule has 0 bridgehead atoms. The highest BCUT2D eigenvalue weighted by Crippen LogP contribution is 2.37. The lowest BCUT2D eigenvalue weighted by atomic mass is 9.97. The molecule has 0 saturated heterocycles. The van der Waals surface area contributed by atoms with Gasteiger partial charge in [0.15, 0.2) is 0 Å². The molecule has 5 heteroatoms. The first kappa shape index (κ1) is 22.4. The highest BCUT2D eigenvalue weighted by Gasteiger charge is 2.32. The predicted octanol–water partition coefficient (Wildman–Crippen LogP) is 7.92. The Bertz CT molecular complexity index is 1590. The lowest BCUT2D eigenvalue weighted by Gasteiger charge is -2.23. The number of rotatable bonds is 4. The third-order valence-corrected chi connectivity index (χ3v) is 6.89. The number of benzene rings is 4. The zero-order valence-electron chi connectivity index (χ0n) is 20.2. The highest BCUT2D eigenvalue weighted by molar-refractivity contribution is 6.30. The monoisotopic (exact) mass is 488 g/mol. The number of aryl methyl sites for hydroxylation is 2. The molecule has 2 heterocycles. The molecule has 0 N–H and O–H groups in total. The van der Waals surface area contributed by atoms with Crippen LogP contribution in [0.2, 0.25) is 5.02 Å². The molecule has 0 amide bonds. The number of hydrogen-bond donors (Lipinski definition) is 0. The molecule has 0 fully saturated rings. The minimum atomic E-state index is 0.000317. The predicted molar refractivity (Wildman–Crippen MR) is 149 cm³/mol. The third kappa shape index (κ3) is 4.25. The van der Waals surface area contributed by atoms with Crippen molar-refractivity contribution in [2.45, 2.75) is 26.3 Å². The molecule has 0 spiro atoms. The molecule has 1 aromatic heterocycles. The van der Waals surface area contributed by atoms with Gasteiger partial charge in [-0.05, 0) is 43.2 Å². The van der Waals surface area contributed by atoms with Gasteiger partial charge in [0, 0.05) is 22.4 Å². The van der Waals surface area contributed by atoms with Crippen LogP contribution in [0, 0.1) is 13.8 Å². The van der Waals surface area contributed by atoms with Crippen LogP contribution in [0.5, 0.6) is 0 Å². The summed E-state index contributed by atoms with van der Waals surface area (Å²) in [5.41, 5.74) is 8.55. The first-order valence-electron chi connectivity index (χ1n) is 12.1. The van der Waals surface area contributed by atoms with Gasteiger partial charge < -0.3 is 0 Å². The number of hydrogen-bond acceptors (Lipinski definition) is 4. The molecule has 36 heavy (non-hydrogen) atoms. The fourth-order valence-electron chi connectivity index (χ4n) is 4.74. The highest BCUT2D eigenvalue weighted by atomic mass is 35.5. The van der Waals surface area contributed by atoms with Crippen LogP contribution in [-0.2, 0) is 0 Å². The first-order chi connectivity index (χ1) is 17.5. The Labute approximate surface area is 215 Å². The molecule has 6 rings (SSSR count). The Balaban J connectivity index is 1.53. The number of hydrazone groups is 1. The maximum Gasteiger partial charge on any atom is 0.247 e. The van der Waals surface area contributed by atoms with Gasteiger partial charge in [-0.2, -0.15) is 5.10 Å². The molecular weight excluding hydrogens is 464 g/mol. The molecule has 1 unspecified atom stereocenters. The second-order valence-corrected chi connectivity index (χ2v) is 9.72. The lowest BCUT2D eigenvalue weighted by Crippen LogP contribution is -2.21. The van der Waals surface area contributed by atoms with Crippen LogP contribution in [0.25, 0.3) is 22.2 Å². The fraction of sp³-hybridized carbons (Fsp3) is 0.129. The Kier molecular flexibility index (Phi) is 5.74. The number of aromatic nitrogens is 2. The van der Waals surface area contributed by atoms with Gasteiger partial charge in [-0.1, -0.05) is 102 Å². The molecule has 1 aliphatic heterocycles. The van der Waals surface area contributed by atoms with Crippen molar-refractivity contribution in [2.75, 3.05) is 5.01 Å². The molecule has 176 valence electrons. The zero-order chi connectivity index (χ0) is 24.6. The molecular formula is C31H25ClN4. The average Bonchev–Trinajstić information content (AvgIpc) is 3.35. The smallest absolute Gasteiger partial charge is 0.223 e. The minimum absolute atomic E-state index is 0.000317. The maximum atomic E-state index is 6.18. The molecule has 0 saturated carbocycles. The Morgan fingerprint density at radius 2 is 1.53 bits per heavy atom. The van der Waals surface area contributed by atoms with Crippen LogP contribution in [0.15, 0.2) is 102 Å². The van der Waals surface area contributed by atoms with Gasteiger partial charge in [0.05, 0.1) is 23.0 Å². The van der Waals surface area contributed by atoms with E-state index in [-0.39, 0.29) is 6.04 Å². The molecule has 1 aliphatic rings. The van der Waals surface area contributed by atoms with Crippen molar-refractivity contribution >= 4 is 34.2 Å². The van der Waals surface area contributed by atoms with Crippen LogP contribution in [0.1, 0.15) is 34.7 Å². The van der Waals surface area contributed by atoms with E-state index in [0.717, 1.165) is 39.9 Å². The Morgan fingerprint density at radius 1 is 0.750 bits per heavy atom. The molecule has 4 aromatic carbocycles. The van der Waals surface area contributed by atoms with Gasteiger partial charge in [0.25, 0.3) is 0 Å². The van der Waals surface area contributed by atoms with Gasteiger partial charge in [0.2, 0.25) is 5.95 Å². The molecule has 4 nitrogen and oxygen atoms in total. The van der Waals surface area contributed by atoms with Crippen LogP contribution in [0.4, 0.5) is 5.95 Å². The normalized spacial score (nSPS) is 15.4. The summed E-state index contributed by atoms with van der Waals surface area (Å²) in [6.45, 7) is 4.22. The van der Waals surface area contributed by atoms with E-state index in [9.17, 15) is 0 Å². The molecule has 0 radical (unpaired) electrons. The fourth-order valence-corrected chi connectivity index (χ4v) is 4.86. The first-order valence-corrected chi connectivity index (χ1v) is 12.5. The SMILES string of the molecule is Cc1ccc(C2CC(c3cccc(C)c3)=NN2c2nc(-c3ccc(Cl)cc3)c3ccccc3n2)cc1. The number of anilines is 1. The quantitative estimate of drug-likeness (QED) is 0.258. The Hall–Kier alpha value is -4.02. The van der Waals surface area contributed by atoms with Gasteiger partial charge in [-0.3, -0.25) is 0 Å². The second-order valence-electron chi connectivity index (χ2n) is 9.29. The van der Waals surface area contributed by atoms with E-state index in [4.69, 9.17) is 26.7 Å². The number of halogens is 1. The van der Waals surface area contributed by atoms with Crippen molar-refractivity contribution < 1.29 is 0 Å². The van der Waals surface area contributed by atoms with E-state index >= 15 is 0 Å². The van der Waals surface area contributed by atoms with E-state index in [0.29, 0.717) is 11.0 Å². The van der Waals surface area contributed by atoms with Gasteiger partial charge in [-0.25, -0.2) is 15.0 Å². The van der Waals surface area contributed by atoms with E-state index in [1.165, 1.54) is 16.7 Å². The summed E-state index contributed by atoms with van der Waals surface area (Å²) in [7, 11) is 0. The summed E-state index contributed by atoms with van der Waals surface area (Å²) in [4.78, 5) is 10.1. The number of fused-ring (bicyclic) bond motifs is 1. The summed E-state index contributed by atoms with van der Waals surface area (Å²) in [5.74, 6) is 0.590. The van der Waals surface area contributed by atoms with Gasteiger partial charge in [-0.15, -0.1) is 0 Å². The number of nitrogens with zero attached hydrogens (tertiary/aromatic N) is 4. The van der Waals surface area contributed by atoms with Crippen LogP contribution >= 0.6 is 11.6 Å². The standard InChI is InChI=1S/C31H25ClN4/c1-20-10-12-22(13-11-20)29-19-28(24-7-5-6-21(2)18-24)35-36(29)31-33-27-9-4-3-8-26(27)30(34-31)23-14-16-25(32)17-15-23/h3-18,29H,19H2,1-2H3. The average molecular weight is 489 g/mol. The van der Waals surface area contributed by atoms with Crippen molar-refractivity contribution in [3.8, 4) is 11.3 Å². The van der Waals surface area contributed by atoms with Crippen molar-refractivity contribution in [1.29, 1.82) is 0 Å². The van der Waals surface area contributed by atoms with Crippen molar-refractivity contribution in [3.63, 3.8) is 0 Å². The largest absolute Gasteiger partial charge is 0.247 e. The molecule has 0 aliphatic carbocycles. The molecule has 5 aromatic rings. The minimum Gasteiger partial charge on any atom is -0.223 e. The van der Waals surface area contributed by atoms with Crippen LogP contribution < -0.4 is 5.01 Å². The summed E-state index contributed by atoms with van der Waals surface area (Å²) < 4.78 is 0. The summed E-state index contributed by atoms with van der Waals surface area (Å²) in [6, 6.07) is 33.1. The maximum absolute atomic E-state index is 6.18. The Morgan fingerprint density at radius 3 is 2.31 bits per heavy atom. The topological polar surface area (TPSA) is 41.4 Å².